The average molecular weight is 409 g/mol. The quantitative estimate of drug-likeness (QED) is 0.397. The zero-order chi connectivity index (χ0) is 21.4. The molecule has 5 nitrogen and oxygen atoms in total. The highest BCUT2D eigenvalue weighted by molar-refractivity contribution is 5.94. The molecule has 0 aliphatic heterocycles. The Morgan fingerprint density at radius 2 is 1.68 bits per heavy atom. The van der Waals surface area contributed by atoms with Crippen LogP contribution in [0.2, 0.25) is 0 Å². The van der Waals surface area contributed by atoms with Crippen molar-refractivity contribution in [2.24, 2.45) is 0 Å². The zero-order valence-electron chi connectivity index (χ0n) is 17.2. The Labute approximate surface area is 179 Å². The van der Waals surface area contributed by atoms with E-state index in [9.17, 15) is 4.39 Å². The Morgan fingerprint density at radius 3 is 2.48 bits per heavy atom. The van der Waals surface area contributed by atoms with E-state index >= 15 is 0 Å². The standard InChI is InChI=1S/C25H20FN5/c1-16-6-9-19(14-17(16)2)27-22-4-3-5-23-21(22)12-13-24(28-23)25-15-31(30-29-25)20-10-7-18(26)8-11-20/h3-15,27H,1-2H3. The van der Waals surface area contributed by atoms with Crippen molar-refractivity contribution in [3.63, 3.8) is 0 Å². The lowest BCUT2D eigenvalue weighted by atomic mass is 10.1. The van der Waals surface area contributed by atoms with Crippen molar-refractivity contribution in [1.29, 1.82) is 0 Å². The van der Waals surface area contributed by atoms with Gasteiger partial charge in [-0.15, -0.1) is 5.10 Å². The first kappa shape index (κ1) is 18.9. The van der Waals surface area contributed by atoms with E-state index in [1.54, 1.807) is 23.0 Å². The van der Waals surface area contributed by atoms with Crippen LogP contribution >= 0.6 is 0 Å². The predicted octanol–water partition coefficient (Wildman–Crippen LogP) is 5.98. The molecule has 3 aromatic carbocycles. The molecule has 0 saturated carbocycles. The van der Waals surface area contributed by atoms with Crippen molar-refractivity contribution in [3.8, 4) is 17.1 Å². The first-order valence-corrected chi connectivity index (χ1v) is 9.99. The van der Waals surface area contributed by atoms with Gasteiger partial charge in [-0.05, 0) is 85.6 Å². The minimum Gasteiger partial charge on any atom is -0.355 e. The smallest absolute Gasteiger partial charge is 0.131 e. The van der Waals surface area contributed by atoms with Crippen molar-refractivity contribution in [2.75, 3.05) is 5.32 Å². The average Bonchev–Trinajstić information content (AvgIpc) is 3.27. The number of aryl methyl sites for hydroxylation is 2. The minimum absolute atomic E-state index is 0.287. The third kappa shape index (κ3) is 3.75. The second kappa shape index (κ2) is 7.65. The van der Waals surface area contributed by atoms with E-state index in [1.807, 2.05) is 30.3 Å². The van der Waals surface area contributed by atoms with Gasteiger partial charge in [0.1, 0.15) is 11.5 Å². The molecule has 1 N–H and O–H groups in total. The maximum atomic E-state index is 13.2. The van der Waals surface area contributed by atoms with Gasteiger partial charge in [0, 0.05) is 16.8 Å². The Kier molecular flexibility index (Phi) is 4.67. The fourth-order valence-electron chi connectivity index (χ4n) is 3.48. The highest BCUT2D eigenvalue weighted by Crippen LogP contribution is 2.28. The SMILES string of the molecule is Cc1ccc(Nc2cccc3nc(-c4cn(-c5ccc(F)cc5)nn4)ccc23)cc1C. The molecule has 0 radical (unpaired) electrons. The third-order valence-electron chi connectivity index (χ3n) is 5.36. The number of nitrogens with zero attached hydrogens (tertiary/aromatic N) is 4. The maximum absolute atomic E-state index is 13.2. The van der Waals surface area contributed by atoms with Gasteiger partial charge in [0.15, 0.2) is 0 Å². The second-order valence-electron chi connectivity index (χ2n) is 7.52. The van der Waals surface area contributed by atoms with Crippen LogP contribution in [-0.2, 0) is 0 Å². The summed E-state index contributed by atoms with van der Waals surface area (Å²) in [5.74, 6) is -0.287. The van der Waals surface area contributed by atoms with Crippen LogP contribution in [0.25, 0.3) is 28.0 Å². The fourth-order valence-corrected chi connectivity index (χ4v) is 3.48. The van der Waals surface area contributed by atoms with Gasteiger partial charge in [0.05, 0.1) is 23.1 Å². The van der Waals surface area contributed by atoms with Crippen molar-refractivity contribution in [1.82, 2.24) is 20.0 Å². The van der Waals surface area contributed by atoms with E-state index in [0.29, 0.717) is 5.69 Å². The summed E-state index contributed by atoms with van der Waals surface area (Å²) in [6, 6.07) is 22.4. The Morgan fingerprint density at radius 1 is 0.839 bits per heavy atom. The molecule has 0 aliphatic carbocycles. The van der Waals surface area contributed by atoms with E-state index in [0.717, 1.165) is 33.7 Å². The van der Waals surface area contributed by atoms with Crippen molar-refractivity contribution >= 4 is 22.3 Å². The molecule has 0 fully saturated rings. The first-order chi connectivity index (χ1) is 15.1. The lowest BCUT2D eigenvalue weighted by Gasteiger charge is -2.11. The predicted molar refractivity (Wildman–Crippen MR) is 121 cm³/mol. The second-order valence-corrected chi connectivity index (χ2v) is 7.52. The van der Waals surface area contributed by atoms with Gasteiger partial charge in [-0.25, -0.2) is 14.1 Å². The molecular formula is C25H20FN5. The van der Waals surface area contributed by atoms with Crippen molar-refractivity contribution in [3.05, 3.63) is 95.9 Å². The number of aromatic nitrogens is 4. The summed E-state index contributed by atoms with van der Waals surface area (Å²) >= 11 is 0. The van der Waals surface area contributed by atoms with Crippen LogP contribution in [0.3, 0.4) is 0 Å². The number of halogens is 1. The van der Waals surface area contributed by atoms with E-state index in [1.165, 1.54) is 23.3 Å². The number of pyridine rings is 1. The number of rotatable bonds is 4. The Bertz CT molecular complexity index is 1390. The first-order valence-electron chi connectivity index (χ1n) is 9.99. The van der Waals surface area contributed by atoms with Crippen LogP contribution in [0.4, 0.5) is 15.8 Å². The van der Waals surface area contributed by atoms with Gasteiger partial charge in [-0.2, -0.15) is 0 Å². The number of nitrogens with one attached hydrogen (secondary N) is 1. The summed E-state index contributed by atoms with van der Waals surface area (Å²) in [4.78, 5) is 4.78. The van der Waals surface area contributed by atoms with Gasteiger partial charge in [0.25, 0.3) is 0 Å². The van der Waals surface area contributed by atoms with Crippen LogP contribution in [-0.4, -0.2) is 20.0 Å². The van der Waals surface area contributed by atoms with Gasteiger partial charge >= 0.3 is 0 Å². The van der Waals surface area contributed by atoms with Gasteiger partial charge in [-0.3, -0.25) is 0 Å². The van der Waals surface area contributed by atoms with E-state index in [4.69, 9.17) is 4.98 Å². The summed E-state index contributed by atoms with van der Waals surface area (Å²) in [5, 5.41) is 12.9. The van der Waals surface area contributed by atoms with Crippen LogP contribution in [0.5, 0.6) is 0 Å². The molecule has 0 atom stereocenters. The molecule has 0 unspecified atom stereocenters. The summed E-state index contributed by atoms with van der Waals surface area (Å²) in [6.07, 6.45) is 1.79. The number of hydrogen-bond donors (Lipinski definition) is 1. The van der Waals surface area contributed by atoms with Gasteiger partial charge in [-0.1, -0.05) is 17.3 Å². The normalized spacial score (nSPS) is 11.1. The van der Waals surface area contributed by atoms with Crippen LogP contribution in [0.15, 0.2) is 79.0 Å². The highest BCUT2D eigenvalue weighted by Gasteiger charge is 2.10. The van der Waals surface area contributed by atoms with Crippen molar-refractivity contribution < 1.29 is 4.39 Å². The number of benzene rings is 3. The van der Waals surface area contributed by atoms with Crippen LogP contribution < -0.4 is 5.32 Å². The zero-order valence-corrected chi connectivity index (χ0v) is 17.2. The lowest BCUT2D eigenvalue weighted by Crippen LogP contribution is -1.94. The molecule has 0 spiro atoms. The number of hydrogen-bond acceptors (Lipinski definition) is 4. The fraction of sp³-hybridized carbons (Fsp3) is 0.0800. The summed E-state index contributed by atoms with van der Waals surface area (Å²) < 4.78 is 14.8. The third-order valence-corrected chi connectivity index (χ3v) is 5.36. The highest BCUT2D eigenvalue weighted by atomic mass is 19.1. The molecular weight excluding hydrogens is 389 g/mol. The summed E-state index contributed by atoms with van der Waals surface area (Å²) in [5.41, 5.74) is 7.53. The van der Waals surface area contributed by atoms with Gasteiger partial charge < -0.3 is 5.32 Å². The van der Waals surface area contributed by atoms with Crippen molar-refractivity contribution in [2.45, 2.75) is 13.8 Å². The largest absolute Gasteiger partial charge is 0.355 e. The van der Waals surface area contributed by atoms with E-state index in [2.05, 4.69) is 47.7 Å². The minimum atomic E-state index is -0.287. The molecule has 2 heterocycles. The molecule has 0 amide bonds. The molecule has 0 aliphatic rings. The molecule has 0 bridgehead atoms. The van der Waals surface area contributed by atoms with Gasteiger partial charge in [0.2, 0.25) is 0 Å². The Hall–Kier alpha value is -4.06. The number of anilines is 2. The molecule has 5 aromatic rings. The molecule has 5 rings (SSSR count). The van der Waals surface area contributed by atoms with E-state index in [-0.39, 0.29) is 5.82 Å². The van der Waals surface area contributed by atoms with Crippen LogP contribution in [0, 0.1) is 19.7 Å². The maximum Gasteiger partial charge on any atom is 0.131 e. The molecule has 152 valence electrons. The molecule has 6 heteroatoms. The summed E-state index contributed by atoms with van der Waals surface area (Å²) in [6.45, 7) is 4.21. The molecule has 0 saturated heterocycles. The molecule has 31 heavy (non-hydrogen) atoms. The topological polar surface area (TPSA) is 55.6 Å². The van der Waals surface area contributed by atoms with Crippen LogP contribution in [0.1, 0.15) is 11.1 Å². The lowest BCUT2D eigenvalue weighted by molar-refractivity contribution is 0.626. The molecule has 2 aromatic heterocycles. The monoisotopic (exact) mass is 409 g/mol. The summed E-state index contributed by atoms with van der Waals surface area (Å²) in [7, 11) is 0. The number of fused-ring (bicyclic) bond motifs is 1. The van der Waals surface area contributed by atoms with E-state index < -0.39 is 0 Å². The Balaban J connectivity index is 1.47.